The number of hydrogen-bond acceptors (Lipinski definition) is 4. The normalized spacial score (nSPS) is 12.9. The molecule has 0 radical (unpaired) electrons. The molecule has 0 aliphatic heterocycles. The minimum absolute atomic E-state index is 0.156. The van der Waals surface area contributed by atoms with E-state index in [0.29, 0.717) is 0 Å². The molecule has 1 atom stereocenters. The quantitative estimate of drug-likeness (QED) is 0.503. The highest BCUT2D eigenvalue weighted by atomic mass is 28.3. The van der Waals surface area contributed by atoms with Crippen molar-refractivity contribution in [1.82, 2.24) is 15.0 Å². The lowest BCUT2D eigenvalue weighted by Crippen LogP contribution is -2.29. The molecule has 0 aliphatic rings. The van der Waals surface area contributed by atoms with Crippen LogP contribution < -0.4 is 9.64 Å². The number of nitrogens with zero attached hydrogens (tertiary/aromatic N) is 4. The Hall–Kier alpha value is -2.34. The molecule has 3 aromatic rings. The van der Waals surface area contributed by atoms with Crippen LogP contribution >= 0.6 is 0 Å². The molecule has 0 N–H and O–H groups in total. The highest BCUT2D eigenvalue weighted by Crippen LogP contribution is 2.29. The number of anilines is 1. The number of ether oxygens (including phenoxy) is 1. The Kier molecular flexibility index (Phi) is 5.84. The number of aromatic nitrogens is 3. The van der Waals surface area contributed by atoms with Gasteiger partial charge in [-0.05, 0) is 38.1 Å². The summed E-state index contributed by atoms with van der Waals surface area (Å²) in [5.74, 6) is 0.877. The summed E-state index contributed by atoms with van der Waals surface area (Å²) in [7, 11) is -1.39. The van der Waals surface area contributed by atoms with Crippen LogP contribution in [0.3, 0.4) is 0 Å². The second-order valence-electron chi connectivity index (χ2n) is 8.03. The fourth-order valence-electron chi connectivity index (χ4n) is 3.30. The van der Waals surface area contributed by atoms with Crippen molar-refractivity contribution < 1.29 is 4.74 Å². The molecule has 0 spiro atoms. The Balaban J connectivity index is 1.94. The number of hydrogen-bond donors (Lipinski definition) is 0. The first kappa shape index (κ1) is 19.4. The summed E-state index contributed by atoms with van der Waals surface area (Å²) in [5, 5.41) is 8.74. The van der Waals surface area contributed by atoms with Gasteiger partial charge in [-0.2, -0.15) is 0 Å². The van der Waals surface area contributed by atoms with Crippen LogP contribution in [0.2, 0.25) is 25.7 Å². The van der Waals surface area contributed by atoms with Crippen LogP contribution in [-0.2, 0) is 0 Å². The third kappa shape index (κ3) is 4.69. The van der Waals surface area contributed by atoms with Crippen molar-refractivity contribution in [2.45, 2.75) is 45.8 Å². The smallest absolute Gasteiger partial charge is 0.191 e. The largest absolute Gasteiger partial charge is 0.469 e. The summed E-state index contributed by atoms with van der Waals surface area (Å²) >= 11 is 0. The van der Waals surface area contributed by atoms with Crippen LogP contribution in [0.15, 0.2) is 48.5 Å². The SMILES string of the molecule is CCN(CC)c1cccc(OC(C[Si](C)(C)C)n2nnc3ccccc32)c1. The zero-order valence-corrected chi connectivity index (χ0v) is 18.0. The summed E-state index contributed by atoms with van der Waals surface area (Å²) in [5.41, 5.74) is 3.10. The van der Waals surface area contributed by atoms with Gasteiger partial charge < -0.3 is 9.64 Å². The Morgan fingerprint density at radius 1 is 1.04 bits per heavy atom. The first-order valence-corrected chi connectivity index (χ1v) is 13.4. The standard InChI is InChI=1S/C21H30N4OSi/c1-6-24(7-2)17-11-10-12-18(15-17)26-21(16-27(3,4)5)25-20-14-9-8-13-19(20)22-23-25/h8-15,21H,6-7,16H2,1-5H3. The van der Waals surface area contributed by atoms with E-state index in [4.69, 9.17) is 4.74 Å². The zero-order chi connectivity index (χ0) is 19.4. The Morgan fingerprint density at radius 3 is 2.48 bits per heavy atom. The summed E-state index contributed by atoms with van der Waals surface area (Å²) < 4.78 is 8.43. The number of para-hydroxylation sites is 1. The van der Waals surface area contributed by atoms with Crippen molar-refractivity contribution in [3.05, 3.63) is 48.5 Å². The van der Waals surface area contributed by atoms with Gasteiger partial charge >= 0.3 is 0 Å². The maximum Gasteiger partial charge on any atom is 0.191 e. The molecule has 0 fully saturated rings. The van der Waals surface area contributed by atoms with Crippen molar-refractivity contribution in [3.8, 4) is 5.75 Å². The van der Waals surface area contributed by atoms with Gasteiger partial charge in [0.2, 0.25) is 0 Å². The van der Waals surface area contributed by atoms with Gasteiger partial charge in [-0.3, -0.25) is 0 Å². The molecule has 0 aliphatic carbocycles. The molecule has 1 unspecified atom stereocenters. The molecule has 0 saturated carbocycles. The van der Waals surface area contributed by atoms with E-state index in [0.717, 1.165) is 35.9 Å². The molecular formula is C21H30N4OSi. The van der Waals surface area contributed by atoms with Crippen molar-refractivity contribution in [2.24, 2.45) is 0 Å². The van der Waals surface area contributed by atoms with Gasteiger partial charge in [-0.15, -0.1) is 5.10 Å². The van der Waals surface area contributed by atoms with Gasteiger partial charge in [0.05, 0.1) is 13.6 Å². The molecule has 0 bridgehead atoms. The Bertz CT molecular complexity index is 883. The van der Waals surface area contributed by atoms with E-state index in [2.05, 4.69) is 73.0 Å². The van der Waals surface area contributed by atoms with E-state index in [9.17, 15) is 0 Å². The highest BCUT2D eigenvalue weighted by molar-refractivity contribution is 6.76. The summed E-state index contributed by atoms with van der Waals surface area (Å²) in [4.78, 5) is 2.32. The average molecular weight is 383 g/mol. The summed E-state index contributed by atoms with van der Waals surface area (Å²) in [6.45, 7) is 13.4. The topological polar surface area (TPSA) is 43.2 Å². The van der Waals surface area contributed by atoms with Gasteiger partial charge in [0.1, 0.15) is 11.3 Å². The molecule has 27 heavy (non-hydrogen) atoms. The van der Waals surface area contributed by atoms with Gasteiger partial charge in [-0.1, -0.05) is 43.1 Å². The van der Waals surface area contributed by atoms with Gasteiger partial charge in [0.15, 0.2) is 6.23 Å². The summed E-state index contributed by atoms with van der Waals surface area (Å²) in [6.07, 6.45) is -0.156. The first-order valence-electron chi connectivity index (χ1n) is 9.73. The predicted octanol–water partition coefficient (Wildman–Crippen LogP) is 5.19. The van der Waals surface area contributed by atoms with Crippen molar-refractivity contribution in [2.75, 3.05) is 18.0 Å². The molecule has 1 aromatic heterocycles. The molecule has 6 heteroatoms. The second kappa shape index (κ2) is 8.13. The van der Waals surface area contributed by atoms with Crippen LogP contribution in [0.4, 0.5) is 5.69 Å². The van der Waals surface area contributed by atoms with Gasteiger partial charge in [0, 0.05) is 30.9 Å². The lowest BCUT2D eigenvalue weighted by molar-refractivity contribution is 0.139. The first-order chi connectivity index (χ1) is 12.9. The van der Waals surface area contributed by atoms with E-state index in [-0.39, 0.29) is 6.23 Å². The number of benzene rings is 2. The lowest BCUT2D eigenvalue weighted by atomic mass is 10.2. The van der Waals surface area contributed by atoms with E-state index < -0.39 is 8.07 Å². The van der Waals surface area contributed by atoms with E-state index >= 15 is 0 Å². The van der Waals surface area contributed by atoms with Crippen molar-refractivity contribution >= 4 is 24.8 Å². The maximum atomic E-state index is 6.49. The van der Waals surface area contributed by atoms with Crippen LogP contribution in [0, 0.1) is 0 Å². The predicted molar refractivity (Wildman–Crippen MR) is 115 cm³/mol. The monoisotopic (exact) mass is 382 g/mol. The zero-order valence-electron chi connectivity index (χ0n) is 17.0. The molecular weight excluding hydrogens is 352 g/mol. The van der Waals surface area contributed by atoms with Crippen molar-refractivity contribution in [3.63, 3.8) is 0 Å². The fourth-order valence-corrected chi connectivity index (χ4v) is 4.60. The van der Waals surface area contributed by atoms with Gasteiger partial charge in [0.25, 0.3) is 0 Å². The van der Waals surface area contributed by atoms with Crippen molar-refractivity contribution in [1.29, 1.82) is 0 Å². The van der Waals surface area contributed by atoms with Crippen LogP contribution in [0.25, 0.3) is 11.0 Å². The maximum absolute atomic E-state index is 6.49. The highest BCUT2D eigenvalue weighted by Gasteiger charge is 2.26. The van der Waals surface area contributed by atoms with Gasteiger partial charge in [-0.25, -0.2) is 4.68 Å². The van der Waals surface area contributed by atoms with Crippen LogP contribution in [0.1, 0.15) is 20.1 Å². The molecule has 144 valence electrons. The van der Waals surface area contributed by atoms with Crippen LogP contribution in [-0.4, -0.2) is 36.2 Å². The fraction of sp³-hybridized carbons (Fsp3) is 0.429. The third-order valence-electron chi connectivity index (χ3n) is 4.66. The minimum atomic E-state index is -1.39. The summed E-state index contributed by atoms with van der Waals surface area (Å²) in [6, 6.07) is 17.4. The second-order valence-corrected chi connectivity index (χ2v) is 13.6. The van der Waals surface area contributed by atoms with E-state index in [1.165, 1.54) is 5.69 Å². The third-order valence-corrected chi connectivity index (χ3v) is 6.23. The molecule has 2 aromatic carbocycles. The average Bonchev–Trinajstić information content (AvgIpc) is 3.06. The number of fused-ring (bicyclic) bond motifs is 1. The van der Waals surface area contributed by atoms with E-state index in [1.807, 2.05) is 28.9 Å². The number of rotatable bonds is 8. The Morgan fingerprint density at radius 2 is 1.78 bits per heavy atom. The van der Waals surface area contributed by atoms with E-state index in [1.54, 1.807) is 0 Å². The molecule has 0 saturated heterocycles. The molecule has 1 heterocycles. The minimum Gasteiger partial charge on any atom is -0.469 e. The molecule has 0 amide bonds. The van der Waals surface area contributed by atoms with Crippen LogP contribution in [0.5, 0.6) is 5.75 Å². The Labute approximate surface area is 163 Å². The molecule has 5 nitrogen and oxygen atoms in total. The lowest BCUT2D eigenvalue weighted by Gasteiger charge is -2.27. The molecule has 3 rings (SSSR count).